The molecule has 0 radical (unpaired) electrons. The van der Waals surface area contributed by atoms with E-state index in [1.807, 2.05) is 37.3 Å². The third kappa shape index (κ3) is 8.05. The second-order valence-electron chi connectivity index (χ2n) is 5.90. The zero-order chi connectivity index (χ0) is 15.6. The van der Waals surface area contributed by atoms with Crippen molar-refractivity contribution in [2.75, 3.05) is 26.4 Å². The second-order valence-corrected chi connectivity index (χ2v) is 5.90. The summed E-state index contributed by atoms with van der Waals surface area (Å²) in [5, 5.41) is 12.9. The fourth-order valence-electron chi connectivity index (χ4n) is 2.30. The third-order valence-corrected chi connectivity index (χ3v) is 3.24. The molecule has 120 valence electrons. The van der Waals surface area contributed by atoms with Gasteiger partial charge in [0, 0.05) is 18.2 Å². The van der Waals surface area contributed by atoms with Crippen molar-refractivity contribution in [3.63, 3.8) is 0 Å². The standard InChI is InChI=1S/C17H29NO3/c1-15(2)18-17(3,14-19)10-7-11-20-12-13-21-16-8-5-4-6-9-16/h4-6,8-9,15,18-19H,7,10-14H2,1-3H3. The van der Waals surface area contributed by atoms with Crippen LogP contribution < -0.4 is 10.1 Å². The quantitative estimate of drug-likeness (QED) is 0.616. The summed E-state index contributed by atoms with van der Waals surface area (Å²) >= 11 is 0. The molecule has 1 aromatic rings. The zero-order valence-corrected chi connectivity index (χ0v) is 13.5. The summed E-state index contributed by atoms with van der Waals surface area (Å²) in [6, 6.07) is 10.1. The Morgan fingerprint density at radius 3 is 2.48 bits per heavy atom. The Hall–Kier alpha value is -1.10. The molecule has 0 aliphatic heterocycles. The van der Waals surface area contributed by atoms with Gasteiger partial charge in [-0.25, -0.2) is 0 Å². The largest absolute Gasteiger partial charge is 0.491 e. The summed E-state index contributed by atoms with van der Waals surface area (Å²) in [6.45, 7) is 8.20. The Kier molecular flexibility index (Phi) is 8.35. The Bertz CT molecular complexity index is 370. The van der Waals surface area contributed by atoms with Crippen LogP contribution in [0.5, 0.6) is 5.75 Å². The third-order valence-electron chi connectivity index (χ3n) is 3.24. The van der Waals surface area contributed by atoms with Crippen LogP contribution in [0.25, 0.3) is 0 Å². The van der Waals surface area contributed by atoms with E-state index in [2.05, 4.69) is 19.2 Å². The molecular formula is C17H29NO3. The fraction of sp³-hybridized carbons (Fsp3) is 0.647. The first-order valence-electron chi connectivity index (χ1n) is 7.70. The van der Waals surface area contributed by atoms with Gasteiger partial charge in [-0.2, -0.15) is 0 Å². The Labute approximate surface area is 128 Å². The SMILES string of the molecule is CC(C)NC(C)(CO)CCCOCCOc1ccccc1. The van der Waals surface area contributed by atoms with Crippen molar-refractivity contribution in [3.05, 3.63) is 30.3 Å². The van der Waals surface area contributed by atoms with Crippen LogP contribution in [-0.4, -0.2) is 43.1 Å². The molecule has 1 atom stereocenters. The lowest BCUT2D eigenvalue weighted by Crippen LogP contribution is -2.49. The summed E-state index contributed by atoms with van der Waals surface area (Å²) in [7, 11) is 0. The fourth-order valence-corrected chi connectivity index (χ4v) is 2.30. The van der Waals surface area contributed by atoms with Crippen molar-refractivity contribution >= 4 is 0 Å². The van der Waals surface area contributed by atoms with Gasteiger partial charge < -0.3 is 19.9 Å². The number of ether oxygens (including phenoxy) is 2. The van der Waals surface area contributed by atoms with E-state index in [4.69, 9.17) is 9.47 Å². The molecule has 0 saturated carbocycles. The van der Waals surface area contributed by atoms with E-state index in [1.165, 1.54) is 0 Å². The van der Waals surface area contributed by atoms with Crippen molar-refractivity contribution in [2.24, 2.45) is 0 Å². The number of hydrogen-bond donors (Lipinski definition) is 2. The molecule has 0 spiro atoms. The average Bonchev–Trinajstić information content (AvgIpc) is 2.46. The molecule has 1 unspecified atom stereocenters. The van der Waals surface area contributed by atoms with Gasteiger partial charge in [0.2, 0.25) is 0 Å². The van der Waals surface area contributed by atoms with Gasteiger partial charge in [0.25, 0.3) is 0 Å². The number of nitrogens with one attached hydrogen (secondary N) is 1. The highest BCUT2D eigenvalue weighted by Gasteiger charge is 2.22. The van der Waals surface area contributed by atoms with Crippen molar-refractivity contribution in [2.45, 2.75) is 45.2 Å². The topological polar surface area (TPSA) is 50.7 Å². The maximum Gasteiger partial charge on any atom is 0.119 e. The first-order chi connectivity index (χ1) is 10.1. The smallest absolute Gasteiger partial charge is 0.119 e. The van der Waals surface area contributed by atoms with Crippen molar-refractivity contribution < 1.29 is 14.6 Å². The van der Waals surface area contributed by atoms with Crippen LogP contribution in [0.2, 0.25) is 0 Å². The lowest BCUT2D eigenvalue weighted by atomic mass is 9.96. The molecule has 21 heavy (non-hydrogen) atoms. The Balaban J connectivity index is 2.06. The van der Waals surface area contributed by atoms with Gasteiger partial charge in [-0.15, -0.1) is 0 Å². The van der Waals surface area contributed by atoms with Crippen LogP contribution in [0.15, 0.2) is 30.3 Å². The minimum absolute atomic E-state index is 0.141. The maximum atomic E-state index is 9.48. The Morgan fingerprint density at radius 1 is 1.14 bits per heavy atom. The molecule has 0 bridgehead atoms. The van der Waals surface area contributed by atoms with Gasteiger partial charge in [-0.3, -0.25) is 0 Å². The molecule has 2 N–H and O–H groups in total. The van der Waals surface area contributed by atoms with Crippen molar-refractivity contribution in [1.82, 2.24) is 5.32 Å². The maximum absolute atomic E-state index is 9.48. The summed E-state index contributed by atoms with van der Waals surface area (Å²) in [4.78, 5) is 0. The number of benzene rings is 1. The summed E-state index contributed by atoms with van der Waals surface area (Å²) in [5.41, 5.74) is -0.224. The normalized spacial score (nSPS) is 14.1. The van der Waals surface area contributed by atoms with Crippen molar-refractivity contribution in [1.29, 1.82) is 0 Å². The predicted octanol–water partition coefficient (Wildman–Crippen LogP) is 2.61. The highest BCUT2D eigenvalue weighted by Crippen LogP contribution is 2.13. The van der Waals surface area contributed by atoms with E-state index < -0.39 is 0 Å². The molecule has 0 amide bonds. The second kappa shape index (κ2) is 9.77. The van der Waals surface area contributed by atoms with Gasteiger partial charge in [-0.05, 0) is 31.9 Å². The van der Waals surface area contributed by atoms with Gasteiger partial charge >= 0.3 is 0 Å². The zero-order valence-electron chi connectivity index (χ0n) is 13.5. The number of para-hydroxylation sites is 1. The molecule has 0 aliphatic carbocycles. The van der Waals surface area contributed by atoms with Gasteiger partial charge in [0.05, 0.1) is 13.2 Å². The van der Waals surface area contributed by atoms with E-state index in [-0.39, 0.29) is 12.1 Å². The summed E-state index contributed by atoms with van der Waals surface area (Å²) < 4.78 is 11.1. The molecule has 4 heteroatoms. The lowest BCUT2D eigenvalue weighted by Gasteiger charge is -2.31. The van der Waals surface area contributed by atoms with Crippen LogP contribution in [0, 0.1) is 0 Å². The van der Waals surface area contributed by atoms with Crippen LogP contribution in [-0.2, 0) is 4.74 Å². The predicted molar refractivity (Wildman–Crippen MR) is 85.8 cm³/mol. The van der Waals surface area contributed by atoms with Crippen LogP contribution >= 0.6 is 0 Å². The molecule has 0 heterocycles. The van der Waals surface area contributed by atoms with E-state index in [0.29, 0.717) is 25.9 Å². The molecule has 0 aliphatic rings. The molecule has 4 nitrogen and oxygen atoms in total. The first-order valence-corrected chi connectivity index (χ1v) is 7.70. The average molecular weight is 295 g/mol. The van der Waals surface area contributed by atoms with Gasteiger partial charge in [-0.1, -0.05) is 32.0 Å². The minimum Gasteiger partial charge on any atom is -0.491 e. The van der Waals surface area contributed by atoms with E-state index in [9.17, 15) is 5.11 Å². The highest BCUT2D eigenvalue weighted by atomic mass is 16.5. The number of hydrogen-bond acceptors (Lipinski definition) is 4. The number of rotatable bonds is 11. The Morgan fingerprint density at radius 2 is 1.86 bits per heavy atom. The minimum atomic E-state index is -0.224. The van der Waals surface area contributed by atoms with Crippen LogP contribution in [0.3, 0.4) is 0 Å². The first kappa shape index (κ1) is 18.0. The highest BCUT2D eigenvalue weighted by molar-refractivity contribution is 5.20. The molecular weight excluding hydrogens is 266 g/mol. The van der Waals surface area contributed by atoms with Crippen LogP contribution in [0.1, 0.15) is 33.6 Å². The monoisotopic (exact) mass is 295 g/mol. The molecule has 0 saturated heterocycles. The summed E-state index contributed by atoms with van der Waals surface area (Å²) in [6.07, 6.45) is 1.81. The van der Waals surface area contributed by atoms with Crippen molar-refractivity contribution in [3.8, 4) is 5.75 Å². The molecule has 0 fully saturated rings. The number of aliphatic hydroxyl groups is 1. The van der Waals surface area contributed by atoms with Gasteiger partial charge in [0.15, 0.2) is 0 Å². The lowest BCUT2D eigenvalue weighted by molar-refractivity contribution is 0.0853. The molecule has 0 aromatic heterocycles. The number of aliphatic hydroxyl groups excluding tert-OH is 1. The molecule has 1 rings (SSSR count). The van der Waals surface area contributed by atoms with E-state index in [0.717, 1.165) is 18.6 Å². The van der Waals surface area contributed by atoms with E-state index in [1.54, 1.807) is 0 Å². The van der Waals surface area contributed by atoms with Crippen LogP contribution in [0.4, 0.5) is 0 Å². The molecule has 1 aromatic carbocycles. The van der Waals surface area contributed by atoms with E-state index >= 15 is 0 Å². The van der Waals surface area contributed by atoms with Gasteiger partial charge in [0.1, 0.15) is 12.4 Å². The summed E-state index contributed by atoms with van der Waals surface area (Å²) in [5.74, 6) is 0.870.